The van der Waals surface area contributed by atoms with Crippen LogP contribution in [0.2, 0.25) is 0 Å². The average Bonchev–Trinajstić information content (AvgIpc) is 1.81. The number of rotatable bonds is 5. The van der Waals surface area contributed by atoms with Gasteiger partial charge in [0.05, 0.1) is 13.2 Å². The van der Waals surface area contributed by atoms with E-state index in [0.29, 0.717) is 13.2 Å². The zero-order valence-electron chi connectivity index (χ0n) is 4.89. The molecule has 8 heavy (non-hydrogen) atoms. The molecule has 0 aliphatic carbocycles. The minimum Gasteiger partial charge on any atom is -0.382 e. The van der Waals surface area contributed by atoms with Crippen LogP contribution in [0.4, 0.5) is 0 Å². The van der Waals surface area contributed by atoms with Crippen LogP contribution in [0.5, 0.6) is 0 Å². The standard InChI is InChI=1S/C4H11NO3/c1-7-2-3-8-4-5-6/h5-6H,2-4H2,1H3. The molecule has 0 aliphatic heterocycles. The van der Waals surface area contributed by atoms with E-state index < -0.39 is 0 Å². The maximum Gasteiger partial charge on any atom is 0.119 e. The Morgan fingerprint density at radius 1 is 1.50 bits per heavy atom. The fraction of sp³-hybridized carbons (Fsp3) is 1.00. The second-order valence-electron chi connectivity index (χ2n) is 1.20. The number of hydrogen-bond donors (Lipinski definition) is 2. The first-order valence-electron chi connectivity index (χ1n) is 2.35. The highest BCUT2D eigenvalue weighted by Crippen LogP contribution is 1.70. The Labute approximate surface area is 48.4 Å². The van der Waals surface area contributed by atoms with Crippen LogP contribution in [0.3, 0.4) is 0 Å². The monoisotopic (exact) mass is 121 g/mol. The molecule has 0 atom stereocenters. The van der Waals surface area contributed by atoms with E-state index in [1.54, 1.807) is 7.11 Å². The van der Waals surface area contributed by atoms with E-state index in [4.69, 9.17) is 9.94 Å². The van der Waals surface area contributed by atoms with E-state index in [-0.39, 0.29) is 6.73 Å². The molecule has 0 fully saturated rings. The van der Waals surface area contributed by atoms with Gasteiger partial charge in [0.2, 0.25) is 0 Å². The van der Waals surface area contributed by atoms with Crippen molar-refractivity contribution in [3.63, 3.8) is 0 Å². The molecule has 0 radical (unpaired) electrons. The minimum atomic E-state index is 0.156. The molecular weight excluding hydrogens is 110 g/mol. The summed E-state index contributed by atoms with van der Waals surface area (Å²) >= 11 is 0. The lowest BCUT2D eigenvalue weighted by atomic mass is 10.8. The van der Waals surface area contributed by atoms with Gasteiger partial charge in [-0.3, -0.25) is 0 Å². The minimum absolute atomic E-state index is 0.156. The fourth-order valence-electron chi connectivity index (χ4n) is 0.260. The van der Waals surface area contributed by atoms with Crippen molar-refractivity contribution in [2.75, 3.05) is 27.1 Å². The van der Waals surface area contributed by atoms with Crippen LogP contribution in [-0.2, 0) is 9.47 Å². The van der Waals surface area contributed by atoms with Crippen molar-refractivity contribution in [1.82, 2.24) is 5.48 Å². The zero-order chi connectivity index (χ0) is 6.24. The predicted octanol–water partition coefficient (Wildman–Crippen LogP) is -0.414. The molecule has 4 heteroatoms. The number of hydroxylamine groups is 1. The molecule has 4 nitrogen and oxygen atoms in total. The molecule has 0 unspecified atom stereocenters. The summed E-state index contributed by atoms with van der Waals surface area (Å²) in [6.07, 6.45) is 0. The van der Waals surface area contributed by atoms with Crippen LogP contribution in [-0.4, -0.2) is 32.3 Å². The van der Waals surface area contributed by atoms with Crippen LogP contribution in [0.15, 0.2) is 0 Å². The Balaban J connectivity index is 2.53. The highest BCUT2D eigenvalue weighted by molar-refractivity contribution is 4.21. The Bertz CT molecular complexity index is 36.3. The van der Waals surface area contributed by atoms with Gasteiger partial charge in [0.1, 0.15) is 6.73 Å². The first-order valence-corrected chi connectivity index (χ1v) is 2.35. The third kappa shape index (κ3) is 5.84. The molecule has 50 valence electrons. The Morgan fingerprint density at radius 3 is 2.75 bits per heavy atom. The molecule has 0 amide bonds. The van der Waals surface area contributed by atoms with Gasteiger partial charge in [-0.15, -0.1) is 0 Å². The SMILES string of the molecule is COCCOCNO. The summed E-state index contributed by atoms with van der Waals surface area (Å²) in [6, 6.07) is 0. The van der Waals surface area contributed by atoms with Crippen molar-refractivity contribution in [2.45, 2.75) is 0 Å². The van der Waals surface area contributed by atoms with Gasteiger partial charge >= 0.3 is 0 Å². The van der Waals surface area contributed by atoms with Crippen LogP contribution in [0.25, 0.3) is 0 Å². The van der Waals surface area contributed by atoms with Crippen LogP contribution in [0, 0.1) is 0 Å². The van der Waals surface area contributed by atoms with Crippen molar-refractivity contribution in [2.24, 2.45) is 0 Å². The second-order valence-corrected chi connectivity index (χ2v) is 1.20. The lowest BCUT2D eigenvalue weighted by molar-refractivity contribution is 0.00255. The molecule has 2 N–H and O–H groups in total. The molecule has 0 heterocycles. The molecule has 0 aliphatic rings. The molecule has 0 saturated carbocycles. The molecular formula is C4H11NO3. The van der Waals surface area contributed by atoms with E-state index in [9.17, 15) is 0 Å². The summed E-state index contributed by atoms with van der Waals surface area (Å²) in [6.45, 7) is 1.22. The summed E-state index contributed by atoms with van der Waals surface area (Å²) in [5.41, 5.74) is 1.85. The lowest BCUT2D eigenvalue weighted by Gasteiger charge is -1.98. The predicted molar refractivity (Wildman–Crippen MR) is 27.6 cm³/mol. The molecule has 0 bridgehead atoms. The largest absolute Gasteiger partial charge is 0.382 e. The van der Waals surface area contributed by atoms with Crippen LogP contribution >= 0.6 is 0 Å². The van der Waals surface area contributed by atoms with Gasteiger partial charge < -0.3 is 14.7 Å². The highest BCUT2D eigenvalue weighted by Gasteiger charge is 1.81. The number of nitrogens with one attached hydrogen (secondary N) is 1. The Hall–Kier alpha value is -0.160. The van der Waals surface area contributed by atoms with E-state index in [0.717, 1.165) is 0 Å². The first-order chi connectivity index (χ1) is 3.91. The van der Waals surface area contributed by atoms with Crippen molar-refractivity contribution in [1.29, 1.82) is 0 Å². The summed E-state index contributed by atoms with van der Waals surface area (Å²) in [5, 5.41) is 7.95. The molecule has 0 aromatic carbocycles. The maximum atomic E-state index is 7.95. The summed E-state index contributed by atoms with van der Waals surface area (Å²) in [5.74, 6) is 0. The van der Waals surface area contributed by atoms with Crippen LogP contribution < -0.4 is 5.48 Å². The van der Waals surface area contributed by atoms with Gasteiger partial charge in [-0.05, 0) is 0 Å². The molecule has 0 saturated heterocycles. The molecule has 0 aromatic rings. The first kappa shape index (κ1) is 7.84. The third-order valence-electron chi connectivity index (χ3n) is 0.598. The van der Waals surface area contributed by atoms with E-state index in [1.165, 1.54) is 0 Å². The van der Waals surface area contributed by atoms with Gasteiger partial charge in [-0.1, -0.05) is 0 Å². The van der Waals surface area contributed by atoms with Crippen molar-refractivity contribution in [3.8, 4) is 0 Å². The van der Waals surface area contributed by atoms with Crippen molar-refractivity contribution in [3.05, 3.63) is 0 Å². The van der Waals surface area contributed by atoms with E-state index in [1.807, 2.05) is 5.48 Å². The third-order valence-corrected chi connectivity index (χ3v) is 0.598. The van der Waals surface area contributed by atoms with Gasteiger partial charge in [-0.2, -0.15) is 5.48 Å². The number of ether oxygens (including phenoxy) is 2. The molecule has 0 spiro atoms. The fourth-order valence-corrected chi connectivity index (χ4v) is 0.260. The van der Waals surface area contributed by atoms with Gasteiger partial charge in [0.15, 0.2) is 0 Å². The van der Waals surface area contributed by atoms with Gasteiger partial charge in [-0.25, -0.2) is 0 Å². The second kappa shape index (κ2) is 6.84. The highest BCUT2D eigenvalue weighted by atomic mass is 16.6. The molecule has 0 aromatic heterocycles. The topological polar surface area (TPSA) is 50.7 Å². The quantitative estimate of drug-likeness (QED) is 0.295. The number of methoxy groups -OCH3 is 1. The summed E-state index contributed by atoms with van der Waals surface area (Å²) < 4.78 is 9.39. The lowest BCUT2D eigenvalue weighted by Crippen LogP contribution is -2.14. The van der Waals surface area contributed by atoms with E-state index >= 15 is 0 Å². The zero-order valence-corrected chi connectivity index (χ0v) is 4.89. The van der Waals surface area contributed by atoms with Gasteiger partial charge in [0, 0.05) is 7.11 Å². The number of hydrogen-bond acceptors (Lipinski definition) is 4. The average molecular weight is 121 g/mol. The maximum absolute atomic E-state index is 7.95. The van der Waals surface area contributed by atoms with E-state index in [2.05, 4.69) is 4.74 Å². The summed E-state index contributed by atoms with van der Waals surface area (Å²) in [4.78, 5) is 0. The van der Waals surface area contributed by atoms with Crippen LogP contribution in [0.1, 0.15) is 0 Å². The van der Waals surface area contributed by atoms with Gasteiger partial charge in [0.25, 0.3) is 0 Å². The Morgan fingerprint density at radius 2 is 2.25 bits per heavy atom. The van der Waals surface area contributed by atoms with Crippen molar-refractivity contribution < 1.29 is 14.7 Å². The Kier molecular flexibility index (Phi) is 6.70. The smallest absolute Gasteiger partial charge is 0.119 e. The molecule has 0 rings (SSSR count). The summed E-state index contributed by atoms with van der Waals surface area (Å²) in [7, 11) is 1.59. The normalized spacial score (nSPS) is 9.75. The van der Waals surface area contributed by atoms with Crippen molar-refractivity contribution >= 4 is 0 Å².